The molecule has 104 valence electrons. The van der Waals surface area contributed by atoms with E-state index in [9.17, 15) is 9.90 Å². The number of carboxylic acid groups (broad SMARTS) is 1. The topological polar surface area (TPSA) is 75.8 Å². The molecule has 0 spiro atoms. The molecule has 5 heteroatoms. The molecule has 0 aromatic carbocycles. The van der Waals surface area contributed by atoms with Crippen LogP contribution in [0.25, 0.3) is 0 Å². The van der Waals surface area contributed by atoms with Gasteiger partial charge >= 0.3 is 5.97 Å². The van der Waals surface area contributed by atoms with Gasteiger partial charge in [0, 0.05) is 20.2 Å². The Morgan fingerprint density at radius 1 is 1.50 bits per heavy atom. The van der Waals surface area contributed by atoms with Crippen LogP contribution in [0.15, 0.2) is 0 Å². The number of ether oxygens (including phenoxy) is 1. The van der Waals surface area contributed by atoms with Crippen molar-refractivity contribution < 1.29 is 14.6 Å². The fourth-order valence-electron chi connectivity index (χ4n) is 3.01. The van der Waals surface area contributed by atoms with E-state index in [1.54, 1.807) is 7.11 Å². The third-order valence-corrected chi connectivity index (χ3v) is 4.19. The fourth-order valence-corrected chi connectivity index (χ4v) is 3.01. The summed E-state index contributed by atoms with van der Waals surface area (Å²) < 4.78 is 5.19. The Morgan fingerprint density at radius 3 is 2.78 bits per heavy atom. The minimum atomic E-state index is -1.05. The number of hydrogen-bond acceptors (Lipinski definition) is 4. The zero-order chi connectivity index (χ0) is 13.2. The minimum Gasteiger partial charge on any atom is -0.480 e. The van der Waals surface area contributed by atoms with E-state index in [-0.39, 0.29) is 5.92 Å². The molecule has 0 aromatic rings. The molecule has 1 saturated carbocycles. The Bertz CT molecular complexity index is 305. The zero-order valence-corrected chi connectivity index (χ0v) is 11.1. The van der Waals surface area contributed by atoms with Crippen LogP contribution in [0.4, 0.5) is 0 Å². The summed E-state index contributed by atoms with van der Waals surface area (Å²) in [6.45, 7) is 3.10. The SMILES string of the molecule is COCC1CCCN(CC(N)(C(=O)O)C2CC2)C1. The highest BCUT2D eigenvalue weighted by atomic mass is 16.5. The number of nitrogens with two attached hydrogens (primary N) is 1. The van der Waals surface area contributed by atoms with Crippen molar-refractivity contribution in [1.82, 2.24) is 4.90 Å². The Hall–Kier alpha value is -0.650. The standard InChI is InChI=1S/C13H24N2O3/c1-18-8-10-3-2-6-15(7-10)9-13(14,12(16)17)11-4-5-11/h10-11H,2-9,14H2,1H3,(H,16,17). The zero-order valence-electron chi connectivity index (χ0n) is 11.1. The molecule has 2 aliphatic rings. The maximum absolute atomic E-state index is 11.4. The highest BCUT2D eigenvalue weighted by molar-refractivity contribution is 5.79. The van der Waals surface area contributed by atoms with E-state index >= 15 is 0 Å². The number of piperidine rings is 1. The first kappa shape index (κ1) is 13.8. The van der Waals surface area contributed by atoms with Gasteiger partial charge in [0.25, 0.3) is 0 Å². The van der Waals surface area contributed by atoms with Gasteiger partial charge in [-0.15, -0.1) is 0 Å². The average molecular weight is 256 g/mol. The molecule has 2 rings (SSSR count). The van der Waals surface area contributed by atoms with E-state index in [0.717, 1.165) is 39.0 Å². The second kappa shape index (κ2) is 5.55. The van der Waals surface area contributed by atoms with E-state index in [0.29, 0.717) is 12.5 Å². The van der Waals surface area contributed by atoms with Crippen LogP contribution in [0.2, 0.25) is 0 Å². The number of likely N-dealkylation sites (tertiary alicyclic amines) is 1. The summed E-state index contributed by atoms with van der Waals surface area (Å²) in [5, 5.41) is 9.37. The molecule has 2 fully saturated rings. The van der Waals surface area contributed by atoms with Crippen LogP contribution in [0.5, 0.6) is 0 Å². The van der Waals surface area contributed by atoms with Gasteiger partial charge in [-0.05, 0) is 44.1 Å². The number of hydrogen-bond donors (Lipinski definition) is 2. The lowest BCUT2D eigenvalue weighted by Gasteiger charge is -2.37. The summed E-state index contributed by atoms with van der Waals surface area (Å²) in [6.07, 6.45) is 4.18. The van der Waals surface area contributed by atoms with Crippen molar-refractivity contribution in [2.45, 2.75) is 31.2 Å². The first-order chi connectivity index (χ1) is 8.56. The first-order valence-corrected chi connectivity index (χ1v) is 6.80. The molecule has 0 radical (unpaired) electrons. The molecule has 1 aliphatic heterocycles. The third kappa shape index (κ3) is 3.02. The van der Waals surface area contributed by atoms with Crippen LogP contribution in [0, 0.1) is 11.8 Å². The third-order valence-electron chi connectivity index (χ3n) is 4.19. The lowest BCUT2D eigenvalue weighted by molar-refractivity contribution is -0.145. The maximum atomic E-state index is 11.4. The second-order valence-corrected chi connectivity index (χ2v) is 5.82. The molecular formula is C13H24N2O3. The number of methoxy groups -OCH3 is 1. The van der Waals surface area contributed by atoms with Crippen molar-refractivity contribution >= 4 is 5.97 Å². The van der Waals surface area contributed by atoms with Crippen LogP contribution in [0.3, 0.4) is 0 Å². The second-order valence-electron chi connectivity index (χ2n) is 5.82. The summed E-state index contributed by atoms with van der Waals surface area (Å²) in [7, 11) is 1.72. The van der Waals surface area contributed by atoms with Crippen molar-refractivity contribution in [3.8, 4) is 0 Å². The number of aliphatic carboxylic acids is 1. The van der Waals surface area contributed by atoms with E-state index in [2.05, 4.69) is 4.90 Å². The fraction of sp³-hybridized carbons (Fsp3) is 0.923. The van der Waals surface area contributed by atoms with Crippen LogP contribution in [0.1, 0.15) is 25.7 Å². The van der Waals surface area contributed by atoms with Crippen LogP contribution >= 0.6 is 0 Å². The van der Waals surface area contributed by atoms with Gasteiger partial charge < -0.3 is 20.5 Å². The first-order valence-electron chi connectivity index (χ1n) is 6.80. The van der Waals surface area contributed by atoms with E-state index < -0.39 is 11.5 Å². The Labute approximate surface area is 108 Å². The summed E-state index contributed by atoms with van der Waals surface area (Å²) in [5.74, 6) is -0.169. The summed E-state index contributed by atoms with van der Waals surface area (Å²) in [5.41, 5.74) is 5.08. The van der Waals surface area contributed by atoms with Gasteiger partial charge in [-0.3, -0.25) is 4.79 Å². The van der Waals surface area contributed by atoms with Gasteiger partial charge in [0.1, 0.15) is 5.54 Å². The monoisotopic (exact) mass is 256 g/mol. The number of carbonyl (C=O) groups is 1. The summed E-state index contributed by atoms with van der Waals surface area (Å²) in [4.78, 5) is 13.6. The van der Waals surface area contributed by atoms with Gasteiger partial charge in [0.05, 0.1) is 6.61 Å². The Balaban J connectivity index is 1.92. The molecular weight excluding hydrogens is 232 g/mol. The molecule has 3 N–H and O–H groups in total. The number of rotatable bonds is 6. The van der Waals surface area contributed by atoms with Gasteiger partial charge in [0.15, 0.2) is 0 Å². The van der Waals surface area contributed by atoms with E-state index in [4.69, 9.17) is 10.5 Å². The maximum Gasteiger partial charge on any atom is 0.325 e. The molecule has 1 heterocycles. The van der Waals surface area contributed by atoms with Crippen molar-refractivity contribution in [2.75, 3.05) is 33.4 Å². The average Bonchev–Trinajstić information content (AvgIpc) is 3.13. The van der Waals surface area contributed by atoms with Crippen molar-refractivity contribution in [3.63, 3.8) is 0 Å². The van der Waals surface area contributed by atoms with Crippen LogP contribution in [-0.4, -0.2) is 54.9 Å². The quantitative estimate of drug-likeness (QED) is 0.725. The Kier molecular flexibility index (Phi) is 4.25. The molecule has 2 unspecified atom stereocenters. The molecule has 2 atom stereocenters. The van der Waals surface area contributed by atoms with Gasteiger partial charge in [-0.1, -0.05) is 0 Å². The highest BCUT2D eigenvalue weighted by Crippen LogP contribution is 2.39. The Morgan fingerprint density at radius 2 is 2.22 bits per heavy atom. The predicted molar refractivity (Wildman–Crippen MR) is 68.3 cm³/mol. The van der Waals surface area contributed by atoms with Gasteiger partial charge in [0.2, 0.25) is 0 Å². The molecule has 0 amide bonds. The minimum absolute atomic E-state index is 0.165. The molecule has 0 bridgehead atoms. The van der Waals surface area contributed by atoms with E-state index in [1.165, 1.54) is 6.42 Å². The van der Waals surface area contributed by atoms with Crippen LogP contribution < -0.4 is 5.73 Å². The lowest BCUT2D eigenvalue weighted by atomic mass is 9.91. The highest BCUT2D eigenvalue weighted by Gasteiger charge is 2.49. The molecule has 5 nitrogen and oxygen atoms in total. The molecule has 1 aliphatic carbocycles. The summed E-state index contributed by atoms with van der Waals surface area (Å²) >= 11 is 0. The van der Waals surface area contributed by atoms with Crippen molar-refractivity contribution in [2.24, 2.45) is 17.6 Å². The summed E-state index contributed by atoms with van der Waals surface area (Å²) in [6, 6.07) is 0. The van der Waals surface area contributed by atoms with Gasteiger partial charge in [-0.2, -0.15) is 0 Å². The van der Waals surface area contributed by atoms with Gasteiger partial charge in [-0.25, -0.2) is 0 Å². The van der Waals surface area contributed by atoms with E-state index in [1.807, 2.05) is 0 Å². The predicted octanol–water partition coefficient (Wildman–Crippen LogP) is 0.537. The normalized spacial score (nSPS) is 28.9. The number of nitrogens with zero attached hydrogens (tertiary/aromatic N) is 1. The van der Waals surface area contributed by atoms with Crippen molar-refractivity contribution in [1.29, 1.82) is 0 Å². The lowest BCUT2D eigenvalue weighted by Crippen LogP contribution is -2.59. The largest absolute Gasteiger partial charge is 0.480 e. The number of carboxylic acids is 1. The molecule has 1 saturated heterocycles. The van der Waals surface area contributed by atoms with Crippen LogP contribution in [-0.2, 0) is 9.53 Å². The molecule has 0 aromatic heterocycles. The van der Waals surface area contributed by atoms with Crippen molar-refractivity contribution in [3.05, 3.63) is 0 Å². The smallest absolute Gasteiger partial charge is 0.325 e. The molecule has 18 heavy (non-hydrogen) atoms.